The van der Waals surface area contributed by atoms with Crippen LogP contribution in [0.4, 0.5) is 0 Å². The fourth-order valence-electron chi connectivity index (χ4n) is 2.71. The molecule has 2 aliphatic heterocycles. The Balaban J connectivity index is 2.02. The van der Waals surface area contributed by atoms with Crippen LogP contribution in [0.1, 0.15) is 24.3 Å². The first-order valence-electron chi connectivity index (χ1n) is 6.28. The van der Waals surface area contributed by atoms with E-state index in [1.165, 1.54) is 0 Å². The summed E-state index contributed by atoms with van der Waals surface area (Å²) in [5.74, 6) is 1.03. The molecule has 1 fully saturated rings. The standard InChI is InChI=1S/C13H16N2O2S/c16-18(17)10-9-15-8-4-7-12(13(15)14-18)11-5-2-1-3-6-11/h1-3,5-6,12H,4,7-10H2/t12-/m0/s1. The number of amidine groups is 1. The predicted molar refractivity (Wildman–Crippen MR) is 71.2 cm³/mol. The van der Waals surface area contributed by atoms with Crippen LogP contribution < -0.4 is 0 Å². The summed E-state index contributed by atoms with van der Waals surface area (Å²) in [5.41, 5.74) is 1.16. The largest absolute Gasteiger partial charge is 0.358 e. The number of rotatable bonds is 1. The van der Waals surface area contributed by atoms with Gasteiger partial charge in [-0.2, -0.15) is 0 Å². The molecule has 0 aliphatic carbocycles. The molecule has 5 heteroatoms. The zero-order valence-corrected chi connectivity index (χ0v) is 10.9. The van der Waals surface area contributed by atoms with Crippen molar-refractivity contribution in [2.45, 2.75) is 18.8 Å². The van der Waals surface area contributed by atoms with E-state index in [1.54, 1.807) is 0 Å². The third-order valence-electron chi connectivity index (χ3n) is 3.61. The van der Waals surface area contributed by atoms with Crippen molar-refractivity contribution in [3.05, 3.63) is 35.9 Å². The van der Waals surface area contributed by atoms with Crippen LogP contribution in [0.2, 0.25) is 0 Å². The quantitative estimate of drug-likeness (QED) is 0.774. The summed E-state index contributed by atoms with van der Waals surface area (Å²) in [7, 11) is -3.25. The van der Waals surface area contributed by atoms with E-state index >= 15 is 0 Å². The molecule has 2 aliphatic rings. The van der Waals surface area contributed by atoms with Gasteiger partial charge in [-0.3, -0.25) is 0 Å². The van der Waals surface area contributed by atoms with Gasteiger partial charge < -0.3 is 4.90 Å². The molecule has 0 radical (unpaired) electrons. The van der Waals surface area contributed by atoms with Gasteiger partial charge in [-0.25, -0.2) is 8.42 Å². The minimum Gasteiger partial charge on any atom is -0.358 e. The van der Waals surface area contributed by atoms with Gasteiger partial charge in [0.25, 0.3) is 10.0 Å². The SMILES string of the molecule is O=S1(=O)CCN2CCC[C@@H](c3ccccc3)C2=N1. The molecule has 1 aromatic rings. The monoisotopic (exact) mass is 264 g/mol. The average Bonchev–Trinajstić information content (AvgIpc) is 2.38. The van der Waals surface area contributed by atoms with Gasteiger partial charge in [-0.05, 0) is 18.4 Å². The van der Waals surface area contributed by atoms with Gasteiger partial charge in [-0.15, -0.1) is 4.40 Å². The van der Waals surface area contributed by atoms with Crippen molar-refractivity contribution in [3.63, 3.8) is 0 Å². The van der Waals surface area contributed by atoms with Gasteiger partial charge in [0.15, 0.2) is 0 Å². The topological polar surface area (TPSA) is 49.7 Å². The third-order valence-corrected chi connectivity index (χ3v) is 4.77. The highest BCUT2D eigenvalue weighted by Gasteiger charge is 2.33. The van der Waals surface area contributed by atoms with Crippen LogP contribution in [0, 0.1) is 0 Å². The lowest BCUT2D eigenvalue weighted by molar-refractivity contribution is 0.366. The summed E-state index contributed by atoms with van der Waals surface area (Å²) >= 11 is 0. The zero-order chi connectivity index (χ0) is 12.6. The fourth-order valence-corrected chi connectivity index (χ4v) is 3.78. The number of piperidine rings is 1. The molecule has 3 rings (SSSR count). The highest BCUT2D eigenvalue weighted by molar-refractivity contribution is 7.90. The van der Waals surface area contributed by atoms with Gasteiger partial charge in [0.1, 0.15) is 5.84 Å². The summed E-state index contributed by atoms with van der Waals surface area (Å²) in [6.07, 6.45) is 2.08. The summed E-state index contributed by atoms with van der Waals surface area (Å²) < 4.78 is 27.3. The Kier molecular flexibility index (Phi) is 2.86. The van der Waals surface area contributed by atoms with E-state index in [1.807, 2.05) is 18.2 Å². The molecule has 0 saturated carbocycles. The van der Waals surface area contributed by atoms with Crippen molar-refractivity contribution < 1.29 is 8.42 Å². The first kappa shape index (κ1) is 11.7. The Morgan fingerprint density at radius 3 is 2.72 bits per heavy atom. The Morgan fingerprint density at radius 2 is 1.94 bits per heavy atom. The van der Waals surface area contributed by atoms with Gasteiger partial charge in [0.05, 0.1) is 5.75 Å². The Morgan fingerprint density at radius 1 is 1.17 bits per heavy atom. The number of fused-ring (bicyclic) bond motifs is 1. The molecular formula is C13H16N2O2S. The maximum Gasteiger partial charge on any atom is 0.256 e. The minimum absolute atomic E-state index is 0.134. The molecule has 18 heavy (non-hydrogen) atoms. The van der Waals surface area contributed by atoms with Gasteiger partial charge in [-0.1, -0.05) is 30.3 Å². The van der Waals surface area contributed by atoms with Gasteiger partial charge in [0, 0.05) is 19.0 Å². The Labute approximate surface area is 107 Å². The second-order valence-corrected chi connectivity index (χ2v) is 6.58. The maximum absolute atomic E-state index is 11.7. The van der Waals surface area contributed by atoms with E-state index in [4.69, 9.17) is 0 Å². The third kappa shape index (κ3) is 2.14. The van der Waals surface area contributed by atoms with Crippen molar-refractivity contribution in [2.24, 2.45) is 4.40 Å². The summed E-state index contributed by atoms with van der Waals surface area (Å²) in [4.78, 5) is 2.13. The van der Waals surface area contributed by atoms with Crippen LogP contribution in [0.15, 0.2) is 34.7 Å². The first-order valence-corrected chi connectivity index (χ1v) is 7.89. The van der Waals surface area contributed by atoms with Gasteiger partial charge >= 0.3 is 0 Å². The van der Waals surface area contributed by atoms with E-state index in [9.17, 15) is 8.42 Å². The maximum atomic E-state index is 11.7. The summed E-state index contributed by atoms with van der Waals surface area (Å²) in [6, 6.07) is 10.1. The van der Waals surface area contributed by atoms with Crippen molar-refractivity contribution in [1.82, 2.24) is 4.90 Å². The van der Waals surface area contributed by atoms with Crippen molar-refractivity contribution in [1.29, 1.82) is 0 Å². The van der Waals surface area contributed by atoms with Crippen LogP contribution >= 0.6 is 0 Å². The number of benzene rings is 1. The lowest BCUT2D eigenvalue weighted by Crippen LogP contribution is -2.46. The second kappa shape index (κ2) is 4.39. The molecule has 0 amide bonds. The number of nitrogens with zero attached hydrogens (tertiary/aromatic N) is 2. The molecule has 0 unspecified atom stereocenters. The minimum atomic E-state index is -3.25. The molecule has 4 nitrogen and oxygen atoms in total. The normalized spacial score (nSPS) is 26.3. The molecule has 1 atom stereocenters. The first-order chi connectivity index (χ1) is 8.66. The predicted octanol–water partition coefficient (Wildman–Crippen LogP) is 1.61. The molecule has 0 bridgehead atoms. The summed E-state index contributed by atoms with van der Waals surface area (Å²) in [6.45, 7) is 1.52. The lowest BCUT2D eigenvalue weighted by Gasteiger charge is -2.37. The molecule has 1 aromatic carbocycles. The molecule has 1 saturated heterocycles. The molecule has 0 spiro atoms. The van der Waals surface area contributed by atoms with Crippen LogP contribution in [0.25, 0.3) is 0 Å². The van der Waals surface area contributed by atoms with Crippen molar-refractivity contribution in [3.8, 4) is 0 Å². The molecule has 2 heterocycles. The lowest BCUT2D eigenvalue weighted by atomic mass is 9.89. The van der Waals surface area contributed by atoms with Crippen molar-refractivity contribution >= 4 is 15.9 Å². The van der Waals surface area contributed by atoms with Crippen molar-refractivity contribution in [2.75, 3.05) is 18.8 Å². The van der Waals surface area contributed by atoms with E-state index in [2.05, 4.69) is 21.4 Å². The number of hydrogen-bond donors (Lipinski definition) is 0. The Hall–Kier alpha value is -1.36. The fraction of sp³-hybridized carbons (Fsp3) is 0.462. The molecular weight excluding hydrogens is 248 g/mol. The van der Waals surface area contributed by atoms with Crippen LogP contribution in [-0.4, -0.2) is 38.0 Å². The van der Waals surface area contributed by atoms with Crippen LogP contribution in [0.3, 0.4) is 0 Å². The van der Waals surface area contributed by atoms with E-state index in [-0.39, 0.29) is 11.7 Å². The second-order valence-electron chi connectivity index (χ2n) is 4.83. The van der Waals surface area contributed by atoms with E-state index in [0.717, 1.165) is 30.8 Å². The average molecular weight is 264 g/mol. The smallest absolute Gasteiger partial charge is 0.256 e. The van der Waals surface area contributed by atoms with Gasteiger partial charge in [0.2, 0.25) is 0 Å². The number of hydrogen-bond acceptors (Lipinski definition) is 3. The molecule has 0 aromatic heterocycles. The van der Waals surface area contributed by atoms with Crippen LogP contribution in [0.5, 0.6) is 0 Å². The van der Waals surface area contributed by atoms with Crippen LogP contribution in [-0.2, 0) is 10.0 Å². The Bertz CT molecular complexity index is 566. The highest BCUT2D eigenvalue weighted by Crippen LogP contribution is 2.31. The highest BCUT2D eigenvalue weighted by atomic mass is 32.2. The zero-order valence-electron chi connectivity index (χ0n) is 10.1. The number of sulfonamides is 1. The molecule has 96 valence electrons. The summed E-state index contributed by atoms with van der Waals surface area (Å²) in [5, 5.41) is 0. The molecule has 0 N–H and O–H groups in total. The van der Waals surface area contributed by atoms with E-state index < -0.39 is 10.0 Å². The van der Waals surface area contributed by atoms with E-state index in [0.29, 0.717) is 6.54 Å².